The summed E-state index contributed by atoms with van der Waals surface area (Å²) in [7, 11) is 0. The van der Waals surface area contributed by atoms with Crippen molar-refractivity contribution in [2.75, 3.05) is 6.54 Å². The summed E-state index contributed by atoms with van der Waals surface area (Å²) in [5, 5.41) is 3.33. The molecule has 0 bridgehead atoms. The number of nitrogens with one attached hydrogen (secondary N) is 1. The van der Waals surface area contributed by atoms with Crippen molar-refractivity contribution >= 4 is 0 Å². The summed E-state index contributed by atoms with van der Waals surface area (Å²) in [6.07, 6.45) is 1.71. The van der Waals surface area contributed by atoms with Gasteiger partial charge in [-0.2, -0.15) is 0 Å². The summed E-state index contributed by atoms with van der Waals surface area (Å²) in [6, 6.07) is 9.63. The SMILES string of the molecule is CC(C)CNCc1cc(Oc2ccc(F)cc2)ccn1. The van der Waals surface area contributed by atoms with E-state index in [0.29, 0.717) is 24.0 Å². The summed E-state index contributed by atoms with van der Waals surface area (Å²) < 4.78 is 18.5. The molecule has 20 heavy (non-hydrogen) atoms. The normalized spacial score (nSPS) is 10.8. The first-order valence-corrected chi connectivity index (χ1v) is 6.72. The fourth-order valence-electron chi connectivity index (χ4n) is 1.74. The van der Waals surface area contributed by atoms with E-state index in [1.165, 1.54) is 12.1 Å². The molecule has 2 rings (SSSR count). The Kier molecular flexibility index (Phi) is 5.07. The van der Waals surface area contributed by atoms with Crippen LogP contribution in [0, 0.1) is 11.7 Å². The molecule has 0 amide bonds. The molecule has 0 aliphatic heterocycles. The molecule has 3 nitrogen and oxygen atoms in total. The highest BCUT2D eigenvalue weighted by molar-refractivity contribution is 5.31. The largest absolute Gasteiger partial charge is 0.457 e. The molecule has 1 aromatic carbocycles. The maximum atomic E-state index is 12.8. The molecule has 0 unspecified atom stereocenters. The summed E-state index contributed by atoms with van der Waals surface area (Å²) in [5.41, 5.74) is 0.922. The first kappa shape index (κ1) is 14.5. The Balaban J connectivity index is 1.96. The first-order valence-electron chi connectivity index (χ1n) is 6.72. The number of nitrogens with zero attached hydrogens (tertiary/aromatic N) is 1. The average Bonchev–Trinajstić information content (AvgIpc) is 2.41. The van der Waals surface area contributed by atoms with Crippen molar-refractivity contribution in [2.45, 2.75) is 20.4 Å². The van der Waals surface area contributed by atoms with Crippen LogP contribution in [0.2, 0.25) is 0 Å². The van der Waals surface area contributed by atoms with Crippen molar-refractivity contribution in [3.63, 3.8) is 0 Å². The third-order valence-electron chi connectivity index (χ3n) is 2.70. The highest BCUT2D eigenvalue weighted by Gasteiger charge is 2.01. The number of benzene rings is 1. The molecular weight excluding hydrogens is 255 g/mol. The predicted molar refractivity (Wildman–Crippen MR) is 77.3 cm³/mol. The van der Waals surface area contributed by atoms with Gasteiger partial charge in [-0.25, -0.2) is 4.39 Å². The first-order chi connectivity index (χ1) is 9.63. The lowest BCUT2D eigenvalue weighted by molar-refractivity contribution is 0.477. The highest BCUT2D eigenvalue weighted by atomic mass is 19.1. The topological polar surface area (TPSA) is 34.1 Å². The molecule has 0 radical (unpaired) electrons. The van der Waals surface area contributed by atoms with Crippen molar-refractivity contribution in [1.82, 2.24) is 10.3 Å². The minimum Gasteiger partial charge on any atom is -0.457 e. The lowest BCUT2D eigenvalue weighted by Crippen LogP contribution is -2.19. The fourth-order valence-corrected chi connectivity index (χ4v) is 1.74. The minimum absolute atomic E-state index is 0.273. The number of ether oxygens (including phenoxy) is 1. The van der Waals surface area contributed by atoms with E-state index in [0.717, 1.165) is 12.2 Å². The third kappa shape index (κ3) is 4.63. The Morgan fingerprint density at radius 2 is 1.90 bits per heavy atom. The van der Waals surface area contributed by atoms with E-state index in [1.807, 2.05) is 6.07 Å². The lowest BCUT2D eigenvalue weighted by atomic mass is 10.2. The number of aromatic nitrogens is 1. The maximum Gasteiger partial charge on any atom is 0.130 e. The summed E-state index contributed by atoms with van der Waals surface area (Å²) in [6.45, 7) is 5.98. The molecule has 1 N–H and O–H groups in total. The van der Waals surface area contributed by atoms with Crippen LogP contribution in [-0.2, 0) is 6.54 Å². The average molecular weight is 274 g/mol. The lowest BCUT2D eigenvalue weighted by Gasteiger charge is -2.09. The van der Waals surface area contributed by atoms with Crippen LogP contribution in [-0.4, -0.2) is 11.5 Å². The van der Waals surface area contributed by atoms with Gasteiger partial charge in [-0.05, 0) is 42.8 Å². The second kappa shape index (κ2) is 7.01. The van der Waals surface area contributed by atoms with E-state index in [-0.39, 0.29) is 5.82 Å². The third-order valence-corrected chi connectivity index (χ3v) is 2.70. The van der Waals surface area contributed by atoms with E-state index in [9.17, 15) is 4.39 Å². The number of hydrogen-bond donors (Lipinski definition) is 1. The van der Waals surface area contributed by atoms with Crippen LogP contribution in [0.15, 0.2) is 42.6 Å². The molecule has 0 atom stereocenters. The van der Waals surface area contributed by atoms with Crippen LogP contribution in [0.1, 0.15) is 19.5 Å². The van der Waals surface area contributed by atoms with Crippen LogP contribution in [0.4, 0.5) is 4.39 Å². The summed E-state index contributed by atoms with van der Waals surface area (Å²) in [5.74, 6) is 1.64. The Hall–Kier alpha value is -1.94. The van der Waals surface area contributed by atoms with Gasteiger partial charge in [0, 0.05) is 18.8 Å². The fraction of sp³-hybridized carbons (Fsp3) is 0.312. The van der Waals surface area contributed by atoms with Crippen LogP contribution < -0.4 is 10.1 Å². The molecule has 0 fully saturated rings. The highest BCUT2D eigenvalue weighted by Crippen LogP contribution is 2.21. The zero-order valence-electron chi connectivity index (χ0n) is 11.8. The smallest absolute Gasteiger partial charge is 0.130 e. The van der Waals surface area contributed by atoms with Gasteiger partial charge in [0.1, 0.15) is 17.3 Å². The summed E-state index contributed by atoms with van der Waals surface area (Å²) in [4.78, 5) is 4.29. The van der Waals surface area contributed by atoms with Gasteiger partial charge in [-0.3, -0.25) is 4.98 Å². The molecule has 0 saturated heterocycles. The van der Waals surface area contributed by atoms with Gasteiger partial charge in [0.05, 0.1) is 5.69 Å². The molecule has 0 saturated carbocycles. The predicted octanol–water partition coefficient (Wildman–Crippen LogP) is 3.76. The molecule has 1 heterocycles. The Morgan fingerprint density at radius 1 is 1.15 bits per heavy atom. The van der Waals surface area contributed by atoms with Gasteiger partial charge < -0.3 is 10.1 Å². The number of rotatable bonds is 6. The van der Waals surface area contributed by atoms with Gasteiger partial charge in [0.15, 0.2) is 0 Å². The van der Waals surface area contributed by atoms with Gasteiger partial charge in [-0.15, -0.1) is 0 Å². The molecule has 0 aliphatic carbocycles. The Morgan fingerprint density at radius 3 is 2.60 bits per heavy atom. The van der Waals surface area contributed by atoms with Crippen molar-refractivity contribution in [1.29, 1.82) is 0 Å². The number of halogens is 1. The Labute approximate surface area is 118 Å². The number of hydrogen-bond acceptors (Lipinski definition) is 3. The number of pyridine rings is 1. The van der Waals surface area contributed by atoms with Crippen molar-refractivity contribution in [2.24, 2.45) is 5.92 Å². The van der Waals surface area contributed by atoms with Crippen molar-refractivity contribution < 1.29 is 9.13 Å². The van der Waals surface area contributed by atoms with Crippen LogP contribution in [0.3, 0.4) is 0 Å². The van der Waals surface area contributed by atoms with Gasteiger partial charge in [-0.1, -0.05) is 13.8 Å². The Bertz CT molecular complexity index is 540. The van der Waals surface area contributed by atoms with Crippen LogP contribution in [0.5, 0.6) is 11.5 Å². The zero-order valence-corrected chi connectivity index (χ0v) is 11.8. The van der Waals surface area contributed by atoms with E-state index in [2.05, 4.69) is 24.1 Å². The molecular formula is C16H19FN2O. The molecule has 0 spiro atoms. The van der Waals surface area contributed by atoms with Gasteiger partial charge in [0.25, 0.3) is 0 Å². The second-order valence-corrected chi connectivity index (χ2v) is 5.06. The summed E-state index contributed by atoms with van der Waals surface area (Å²) >= 11 is 0. The van der Waals surface area contributed by atoms with Crippen LogP contribution in [0.25, 0.3) is 0 Å². The van der Waals surface area contributed by atoms with E-state index < -0.39 is 0 Å². The molecule has 0 aliphatic rings. The van der Waals surface area contributed by atoms with Crippen molar-refractivity contribution in [3.8, 4) is 11.5 Å². The quantitative estimate of drug-likeness (QED) is 0.871. The van der Waals surface area contributed by atoms with Crippen molar-refractivity contribution in [3.05, 3.63) is 54.1 Å². The maximum absolute atomic E-state index is 12.8. The van der Waals surface area contributed by atoms with E-state index in [1.54, 1.807) is 24.4 Å². The monoisotopic (exact) mass is 274 g/mol. The van der Waals surface area contributed by atoms with Crippen LogP contribution >= 0.6 is 0 Å². The van der Waals surface area contributed by atoms with E-state index >= 15 is 0 Å². The standard InChI is InChI=1S/C16H19FN2O/c1-12(2)10-18-11-14-9-16(7-8-19-14)20-15-5-3-13(17)4-6-15/h3-9,12,18H,10-11H2,1-2H3. The molecule has 1 aromatic heterocycles. The van der Waals surface area contributed by atoms with Gasteiger partial charge >= 0.3 is 0 Å². The molecule has 4 heteroatoms. The molecule has 106 valence electrons. The van der Waals surface area contributed by atoms with E-state index in [4.69, 9.17) is 4.74 Å². The minimum atomic E-state index is -0.273. The second-order valence-electron chi connectivity index (χ2n) is 5.06. The molecule has 2 aromatic rings. The zero-order chi connectivity index (χ0) is 14.4. The van der Waals surface area contributed by atoms with Gasteiger partial charge in [0.2, 0.25) is 0 Å².